The van der Waals surface area contributed by atoms with Crippen LogP contribution in [0.3, 0.4) is 0 Å². The van der Waals surface area contributed by atoms with E-state index >= 15 is 0 Å². The lowest BCUT2D eigenvalue weighted by molar-refractivity contribution is -0.384. The van der Waals surface area contributed by atoms with Gasteiger partial charge in [0.2, 0.25) is 5.91 Å². The van der Waals surface area contributed by atoms with E-state index in [0.29, 0.717) is 16.9 Å². The predicted octanol–water partition coefficient (Wildman–Crippen LogP) is 3.23. The van der Waals surface area contributed by atoms with Crippen molar-refractivity contribution in [3.8, 4) is 0 Å². The number of nitro groups is 1. The molecule has 0 saturated heterocycles. The third kappa shape index (κ3) is 4.60. The molecule has 0 fully saturated rings. The summed E-state index contributed by atoms with van der Waals surface area (Å²) in [5.41, 5.74) is 1.52. The number of sulfone groups is 1. The fraction of sp³-hybridized carbons (Fsp3) is 0.263. The van der Waals surface area contributed by atoms with Gasteiger partial charge in [-0.05, 0) is 32.0 Å². The molecule has 0 saturated carbocycles. The zero-order valence-electron chi connectivity index (χ0n) is 15.9. The van der Waals surface area contributed by atoms with Gasteiger partial charge in [0.15, 0.2) is 14.6 Å². The van der Waals surface area contributed by atoms with Crippen LogP contribution in [0.4, 0.5) is 5.69 Å². The van der Waals surface area contributed by atoms with E-state index < -0.39 is 20.7 Å². The number of carbonyl (C=O) groups excluding carboxylic acids is 1. The summed E-state index contributed by atoms with van der Waals surface area (Å²) >= 11 is 1.23. The lowest BCUT2D eigenvalue weighted by atomic mass is 10.2. The van der Waals surface area contributed by atoms with Crippen molar-refractivity contribution >= 4 is 43.0 Å². The van der Waals surface area contributed by atoms with Gasteiger partial charge in [0.05, 0.1) is 25.8 Å². The Balaban J connectivity index is 1.86. The van der Waals surface area contributed by atoms with Crippen molar-refractivity contribution in [2.45, 2.75) is 31.7 Å². The molecule has 0 bridgehead atoms. The monoisotopic (exact) mass is 433 g/mol. The fourth-order valence-corrected chi connectivity index (χ4v) is 5.13. The summed E-state index contributed by atoms with van der Waals surface area (Å²) in [6.07, 6.45) is -0.242. The summed E-state index contributed by atoms with van der Waals surface area (Å²) in [6.45, 7) is 4.17. The highest BCUT2D eigenvalue weighted by Crippen LogP contribution is 2.23. The van der Waals surface area contributed by atoms with E-state index in [1.54, 1.807) is 22.8 Å². The molecule has 0 radical (unpaired) electrons. The highest BCUT2D eigenvalue weighted by atomic mass is 32.2. The van der Waals surface area contributed by atoms with E-state index in [4.69, 9.17) is 0 Å². The minimum absolute atomic E-state index is 0.0421. The second kappa shape index (κ2) is 8.26. The molecule has 0 spiro atoms. The zero-order valence-corrected chi connectivity index (χ0v) is 17.5. The number of benzene rings is 2. The molecule has 1 amide bonds. The minimum atomic E-state index is -3.58. The van der Waals surface area contributed by atoms with Crippen LogP contribution in [-0.2, 0) is 21.2 Å². The Bertz CT molecular complexity index is 1260. The van der Waals surface area contributed by atoms with Crippen LogP contribution in [0.15, 0.2) is 52.4 Å². The first-order valence-corrected chi connectivity index (χ1v) is 11.3. The molecule has 0 aliphatic rings. The first-order chi connectivity index (χ1) is 13.7. The Kier molecular flexibility index (Phi) is 5.94. The largest absolute Gasteiger partial charge is 0.316 e. The molecule has 10 heteroatoms. The number of nitrogens with zero attached hydrogens (tertiary/aromatic N) is 3. The van der Waals surface area contributed by atoms with Crippen LogP contribution in [-0.4, -0.2) is 29.6 Å². The van der Waals surface area contributed by atoms with E-state index in [9.17, 15) is 23.3 Å². The van der Waals surface area contributed by atoms with Gasteiger partial charge in [-0.2, -0.15) is 4.99 Å². The van der Waals surface area contributed by atoms with Crippen molar-refractivity contribution in [1.29, 1.82) is 0 Å². The average Bonchev–Trinajstić information content (AvgIpc) is 3.02. The molecule has 0 aliphatic heterocycles. The molecule has 0 atom stereocenters. The molecule has 29 heavy (non-hydrogen) atoms. The molecular formula is C19H19N3O5S2. The van der Waals surface area contributed by atoms with Crippen molar-refractivity contribution in [2.24, 2.45) is 4.99 Å². The van der Waals surface area contributed by atoms with Crippen LogP contribution in [0, 0.1) is 17.0 Å². The number of non-ortho nitro benzene ring substituents is 1. The fourth-order valence-electron chi connectivity index (χ4n) is 2.81. The molecule has 1 heterocycles. The number of rotatable bonds is 6. The van der Waals surface area contributed by atoms with Gasteiger partial charge in [0.25, 0.3) is 5.69 Å². The van der Waals surface area contributed by atoms with Gasteiger partial charge >= 0.3 is 0 Å². The van der Waals surface area contributed by atoms with E-state index in [1.165, 1.54) is 35.6 Å². The van der Waals surface area contributed by atoms with Crippen LogP contribution >= 0.6 is 11.3 Å². The van der Waals surface area contributed by atoms with Gasteiger partial charge in [0, 0.05) is 25.1 Å². The van der Waals surface area contributed by atoms with Crippen LogP contribution in [0.1, 0.15) is 18.9 Å². The molecule has 3 rings (SSSR count). The number of aromatic nitrogens is 1. The van der Waals surface area contributed by atoms with Gasteiger partial charge in [-0.25, -0.2) is 8.42 Å². The van der Waals surface area contributed by atoms with Gasteiger partial charge in [-0.1, -0.05) is 29.0 Å². The number of carbonyl (C=O) groups is 1. The van der Waals surface area contributed by atoms with E-state index in [0.717, 1.165) is 10.3 Å². The van der Waals surface area contributed by atoms with Crippen LogP contribution in [0.5, 0.6) is 0 Å². The molecule has 1 aromatic heterocycles. The number of nitro benzene ring substituents is 1. The number of hydrogen-bond donors (Lipinski definition) is 0. The molecule has 3 aromatic rings. The predicted molar refractivity (Wildman–Crippen MR) is 111 cm³/mol. The molecule has 2 aromatic carbocycles. The number of hydrogen-bond acceptors (Lipinski definition) is 6. The molecule has 8 nitrogen and oxygen atoms in total. The third-order valence-corrected chi connectivity index (χ3v) is 7.17. The molecular weight excluding hydrogens is 414 g/mol. The Morgan fingerprint density at radius 1 is 1.21 bits per heavy atom. The Morgan fingerprint density at radius 3 is 2.52 bits per heavy atom. The molecule has 0 N–H and O–H groups in total. The summed E-state index contributed by atoms with van der Waals surface area (Å²) in [6, 6.07) is 10.9. The Labute approximate surface area is 171 Å². The molecule has 0 aliphatic carbocycles. The summed E-state index contributed by atoms with van der Waals surface area (Å²) in [7, 11) is -3.58. The second-order valence-corrected chi connectivity index (χ2v) is 9.54. The zero-order chi connectivity index (χ0) is 21.2. The van der Waals surface area contributed by atoms with Crippen molar-refractivity contribution in [3.05, 3.63) is 62.9 Å². The van der Waals surface area contributed by atoms with Crippen molar-refractivity contribution < 1.29 is 18.1 Å². The normalized spacial score (nSPS) is 12.4. The van der Waals surface area contributed by atoms with Crippen LogP contribution < -0.4 is 4.80 Å². The summed E-state index contributed by atoms with van der Waals surface area (Å²) < 4.78 is 27.3. The smallest absolute Gasteiger partial charge is 0.271 e. The number of amides is 1. The summed E-state index contributed by atoms with van der Waals surface area (Å²) in [5, 5.41) is 11.0. The topological polar surface area (TPSA) is 112 Å². The first-order valence-electron chi connectivity index (χ1n) is 8.86. The second-order valence-electron chi connectivity index (χ2n) is 6.43. The van der Waals surface area contributed by atoms with Crippen molar-refractivity contribution in [1.82, 2.24) is 4.57 Å². The van der Waals surface area contributed by atoms with Gasteiger partial charge in [0.1, 0.15) is 0 Å². The van der Waals surface area contributed by atoms with Crippen LogP contribution in [0.2, 0.25) is 0 Å². The Hall–Kier alpha value is -2.85. The number of aryl methyl sites for hydroxylation is 2. The van der Waals surface area contributed by atoms with Gasteiger partial charge < -0.3 is 4.57 Å². The molecule has 0 unspecified atom stereocenters. The summed E-state index contributed by atoms with van der Waals surface area (Å²) in [4.78, 5) is 27.5. The minimum Gasteiger partial charge on any atom is -0.316 e. The maximum Gasteiger partial charge on any atom is 0.271 e. The standard InChI is InChI=1S/C19H19N3O5S2/c1-3-21-16-12-14(22(24)25)6-9-17(16)28-19(21)20-18(23)10-11-29(26,27)15-7-4-13(2)5-8-15/h4-9,12H,3,10-11H2,1-2H3. The van der Waals surface area contributed by atoms with Gasteiger partial charge in [-0.3, -0.25) is 14.9 Å². The van der Waals surface area contributed by atoms with E-state index in [2.05, 4.69) is 4.99 Å². The first kappa shape index (κ1) is 20.9. The van der Waals surface area contributed by atoms with Gasteiger partial charge in [-0.15, -0.1) is 0 Å². The summed E-state index contributed by atoms with van der Waals surface area (Å²) in [5.74, 6) is -0.884. The van der Waals surface area contributed by atoms with Crippen LogP contribution in [0.25, 0.3) is 10.2 Å². The lowest BCUT2D eigenvalue weighted by Gasteiger charge is -2.03. The van der Waals surface area contributed by atoms with Crippen molar-refractivity contribution in [2.75, 3.05) is 5.75 Å². The number of fused-ring (bicyclic) bond motifs is 1. The SMILES string of the molecule is CCn1c(=NC(=O)CCS(=O)(=O)c2ccc(C)cc2)sc2ccc([N+](=O)[O-])cc21. The number of thiazole rings is 1. The third-order valence-electron chi connectivity index (χ3n) is 4.38. The molecule has 152 valence electrons. The Morgan fingerprint density at radius 2 is 1.90 bits per heavy atom. The van der Waals surface area contributed by atoms with E-state index in [-0.39, 0.29) is 22.8 Å². The maximum absolute atomic E-state index is 12.4. The van der Waals surface area contributed by atoms with E-state index in [1.807, 2.05) is 13.8 Å². The maximum atomic E-state index is 12.4. The highest BCUT2D eigenvalue weighted by molar-refractivity contribution is 7.91. The average molecular weight is 434 g/mol. The van der Waals surface area contributed by atoms with Crippen molar-refractivity contribution in [3.63, 3.8) is 0 Å². The highest BCUT2D eigenvalue weighted by Gasteiger charge is 2.17. The lowest BCUT2D eigenvalue weighted by Crippen LogP contribution is -2.17. The quantitative estimate of drug-likeness (QED) is 0.438.